The van der Waals surface area contributed by atoms with Crippen molar-refractivity contribution < 1.29 is 0 Å². The molecule has 1 unspecified atom stereocenters. The van der Waals surface area contributed by atoms with Gasteiger partial charge in [-0.1, -0.05) is 50.7 Å². The van der Waals surface area contributed by atoms with E-state index in [9.17, 15) is 0 Å². The number of unbranched alkanes of at least 4 members (excludes halogenated alkanes) is 2. The molecule has 0 spiro atoms. The Kier molecular flexibility index (Phi) is 7.52. The zero-order chi connectivity index (χ0) is 11.6. The summed E-state index contributed by atoms with van der Waals surface area (Å²) in [6, 6.07) is 0.435. The topological polar surface area (TPSA) is 38.0 Å². The first-order valence-corrected chi connectivity index (χ1v) is 7.03. The fourth-order valence-corrected chi connectivity index (χ4v) is 2.51. The smallest absolute Gasteiger partial charge is 0.0419 e. The van der Waals surface area contributed by atoms with Crippen LogP contribution in [0.25, 0.3) is 0 Å². The fourth-order valence-electron chi connectivity index (χ4n) is 2.51. The molecule has 1 aliphatic carbocycles. The van der Waals surface area contributed by atoms with Gasteiger partial charge in [0.25, 0.3) is 0 Å². The van der Waals surface area contributed by atoms with Crippen molar-refractivity contribution in [1.29, 1.82) is 0 Å². The Morgan fingerprint density at radius 2 is 2.06 bits per heavy atom. The predicted octanol–water partition coefficient (Wildman–Crippen LogP) is 3.68. The van der Waals surface area contributed by atoms with Gasteiger partial charge in [0.15, 0.2) is 0 Å². The molecule has 16 heavy (non-hydrogen) atoms. The van der Waals surface area contributed by atoms with Crippen LogP contribution in [0.1, 0.15) is 71.1 Å². The second kappa shape index (κ2) is 8.77. The summed E-state index contributed by atoms with van der Waals surface area (Å²) >= 11 is 0. The van der Waals surface area contributed by atoms with E-state index < -0.39 is 0 Å². The van der Waals surface area contributed by atoms with E-state index in [1.54, 1.807) is 5.57 Å². The number of hydrazine groups is 1. The quantitative estimate of drug-likeness (QED) is 0.312. The van der Waals surface area contributed by atoms with E-state index in [1.807, 2.05) is 0 Å². The zero-order valence-corrected chi connectivity index (χ0v) is 10.8. The van der Waals surface area contributed by atoms with Crippen LogP contribution in [0, 0.1) is 0 Å². The van der Waals surface area contributed by atoms with Crippen molar-refractivity contribution in [1.82, 2.24) is 5.43 Å². The molecule has 3 N–H and O–H groups in total. The lowest BCUT2D eigenvalue weighted by atomic mass is 9.92. The van der Waals surface area contributed by atoms with E-state index in [4.69, 9.17) is 5.84 Å². The van der Waals surface area contributed by atoms with Gasteiger partial charge in [-0.2, -0.15) is 0 Å². The maximum Gasteiger partial charge on any atom is 0.0419 e. The molecule has 0 aromatic carbocycles. The Morgan fingerprint density at radius 3 is 2.81 bits per heavy atom. The summed E-state index contributed by atoms with van der Waals surface area (Å²) in [5.41, 5.74) is 4.58. The van der Waals surface area contributed by atoms with Crippen molar-refractivity contribution in [2.24, 2.45) is 5.84 Å². The molecule has 0 saturated carbocycles. The molecule has 2 nitrogen and oxygen atoms in total. The monoisotopic (exact) mass is 224 g/mol. The van der Waals surface area contributed by atoms with Crippen molar-refractivity contribution in [2.75, 3.05) is 0 Å². The van der Waals surface area contributed by atoms with E-state index in [1.165, 1.54) is 64.2 Å². The molecule has 94 valence electrons. The number of rotatable bonds is 6. The zero-order valence-electron chi connectivity index (χ0n) is 10.8. The van der Waals surface area contributed by atoms with Crippen molar-refractivity contribution in [2.45, 2.75) is 77.2 Å². The molecule has 1 atom stereocenters. The van der Waals surface area contributed by atoms with Gasteiger partial charge in [0, 0.05) is 6.04 Å². The van der Waals surface area contributed by atoms with Gasteiger partial charge in [-0.05, 0) is 32.1 Å². The summed E-state index contributed by atoms with van der Waals surface area (Å²) < 4.78 is 0. The summed E-state index contributed by atoms with van der Waals surface area (Å²) in [7, 11) is 0. The second-order valence-corrected chi connectivity index (χ2v) is 4.95. The lowest BCUT2D eigenvalue weighted by molar-refractivity contribution is 0.491. The number of nitrogens with two attached hydrogens (primary N) is 1. The van der Waals surface area contributed by atoms with E-state index in [2.05, 4.69) is 18.4 Å². The molecule has 0 aromatic rings. The molecule has 0 radical (unpaired) electrons. The second-order valence-electron chi connectivity index (χ2n) is 4.95. The minimum absolute atomic E-state index is 0.435. The van der Waals surface area contributed by atoms with Crippen LogP contribution in [0.5, 0.6) is 0 Å². The highest BCUT2D eigenvalue weighted by molar-refractivity contribution is 5.11. The van der Waals surface area contributed by atoms with Crippen LogP contribution in [0.4, 0.5) is 0 Å². The molecular weight excluding hydrogens is 196 g/mol. The number of nitrogens with one attached hydrogen (secondary N) is 1. The molecule has 0 aliphatic heterocycles. The normalized spacial score (nSPS) is 19.8. The summed E-state index contributed by atoms with van der Waals surface area (Å²) in [5.74, 6) is 5.69. The molecule has 0 fully saturated rings. The fraction of sp³-hybridized carbons (Fsp3) is 0.857. The van der Waals surface area contributed by atoms with Gasteiger partial charge in [-0.3, -0.25) is 11.3 Å². The Balaban J connectivity index is 2.41. The van der Waals surface area contributed by atoms with Gasteiger partial charge < -0.3 is 0 Å². The van der Waals surface area contributed by atoms with E-state index in [0.29, 0.717) is 6.04 Å². The Morgan fingerprint density at radius 1 is 1.25 bits per heavy atom. The standard InChI is InChI=1S/C14H28N2/c1-2-3-7-12-14(16-15)13-10-8-5-4-6-9-11-13/h10,14,16H,2-9,11-12,15H2,1H3. The molecule has 0 saturated heterocycles. The Hall–Kier alpha value is -0.340. The number of hydrogen-bond donors (Lipinski definition) is 2. The van der Waals surface area contributed by atoms with Gasteiger partial charge in [-0.25, -0.2) is 0 Å². The highest BCUT2D eigenvalue weighted by Crippen LogP contribution is 2.21. The number of allylic oxidation sites excluding steroid dienone is 1. The third-order valence-electron chi connectivity index (χ3n) is 3.57. The average Bonchev–Trinajstić information content (AvgIpc) is 2.25. The summed E-state index contributed by atoms with van der Waals surface area (Å²) in [5, 5.41) is 0. The maximum atomic E-state index is 5.69. The first-order chi connectivity index (χ1) is 7.88. The summed E-state index contributed by atoms with van der Waals surface area (Å²) in [6.07, 6.45) is 15.6. The van der Waals surface area contributed by atoms with Gasteiger partial charge in [0.2, 0.25) is 0 Å². The minimum atomic E-state index is 0.435. The Bertz CT molecular complexity index is 199. The van der Waals surface area contributed by atoms with Crippen molar-refractivity contribution in [3.8, 4) is 0 Å². The van der Waals surface area contributed by atoms with Crippen LogP contribution in [-0.4, -0.2) is 6.04 Å². The molecule has 2 heteroatoms. The van der Waals surface area contributed by atoms with Gasteiger partial charge in [0.1, 0.15) is 0 Å². The molecule has 0 aromatic heterocycles. The third kappa shape index (κ3) is 5.13. The average molecular weight is 224 g/mol. The van der Waals surface area contributed by atoms with Crippen LogP contribution in [0.3, 0.4) is 0 Å². The summed E-state index contributed by atoms with van der Waals surface area (Å²) in [4.78, 5) is 0. The maximum absolute atomic E-state index is 5.69. The van der Waals surface area contributed by atoms with Crippen LogP contribution in [0.2, 0.25) is 0 Å². The first kappa shape index (κ1) is 13.7. The highest BCUT2D eigenvalue weighted by atomic mass is 15.2. The van der Waals surface area contributed by atoms with Crippen molar-refractivity contribution in [3.63, 3.8) is 0 Å². The Labute approximate surface area is 101 Å². The lowest BCUT2D eigenvalue weighted by Gasteiger charge is -2.21. The van der Waals surface area contributed by atoms with Crippen LogP contribution >= 0.6 is 0 Å². The minimum Gasteiger partial charge on any atom is -0.271 e. The first-order valence-electron chi connectivity index (χ1n) is 7.03. The largest absolute Gasteiger partial charge is 0.271 e. The molecule has 0 amide bonds. The van der Waals surface area contributed by atoms with E-state index in [-0.39, 0.29) is 0 Å². The lowest BCUT2D eigenvalue weighted by Crippen LogP contribution is -2.36. The SMILES string of the molecule is CCCCCC(NN)C1=CCCCCCC1. The molecule has 1 aliphatic rings. The predicted molar refractivity (Wildman–Crippen MR) is 71.0 cm³/mol. The van der Waals surface area contributed by atoms with E-state index >= 15 is 0 Å². The van der Waals surface area contributed by atoms with Gasteiger partial charge in [-0.15, -0.1) is 0 Å². The molecular formula is C14H28N2. The van der Waals surface area contributed by atoms with Crippen molar-refractivity contribution in [3.05, 3.63) is 11.6 Å². The van der Waals surface area contributed by atoms with Crippen LogP contribution in [0.15, 0.2) is 11.6 Å². The van der Waals surface area contributed by atoms with Crippen LogP contribution < -0.4 is 11.3 Å². The molecule has 0 heterocycles. The van der Waals surface area contributed by atoms with Gasteiger partial charge >= 0.3 is 0 Å². The number of hydrogen-bond acceptors (Lipinski definition) is 2. The highest BCUT2D eigenvalue weighted by Gasteiger charge is 2.12. The molecule has 0 bridgehead atoms. The molecule has 1 rings (SSSR count). The van der Waals surface area contributed by atoms with E-state index in [0.717, 1.165) is 0 Å². The summed E-state index contributed by atoms with van der Waals surface area (Å²) in [6.45, 7) is 2.25. The van der Waals surface area contributed by atoms with Crippen LogP contribution in [-0.2, 0) is 0 Å². The van der Waals surface area contributed by atoms with Gasteiger partial charge in [0.05, 0.1) is 0 Å². The third-order valence-corrected chi connectivity index (χ3v) is 3.57. The van der Waals surface area contributed by atoms with Crippen molar-refractivity contribution >= 4 is 0 Å².